The van der Waals surface area contributed by atoms with E-state index in [1.807, 2.05) is 0 Å². The van der Waals surface area contributed by atoms with Crippen LogP contribution in [0.2, 0.25) is 0 Å². The van der Waals surface area contributed by atoms with Crippen LogP contribution in [0, 0.1) is 6.92 Å². The van der Waals surface area contributed by atoms with Crippen LogP contribution in [0.15, 0.2) is 36.4 Å². The molecule has 0 aromatic heterocycles. The molecule has 1 atom stereocenters. The van der Waals surface area contributed by atoms with Crippen LogP contribution in [0.3, 0.4) is 0 Å². The van der Waals surface area contributed by atoms with Crippen molar-refractivity contribution in [2.24, 2.45) is 0 Å². The first-order chi connectivity index (χ1) is 10.9. The highest BCUT2D eigenvalue weighted by atomic mass is 19.4. The van der Waals surface area contributed by atoms with Crippen molar-refractivity contribution in [2.45, 2.75) is 25.2 Å². The van der Waals surface area contributed by atoms with Crippen molar-refractivity contribution < 1.29 is 36.6 Å². The Bertz CT molecular complexity index is 749. The zero-order valence-electron chi connectivity index (χ0n) is 12.2. The highest BCUT2D eigenvalue weighted by Gasteiger charge is 2.43. The highest BCUT2D eigenvalue weighted by Crippen LogP contribution is 2.44. The predicted octanol–water partition coefficient (Wildman–Crippen LogP) is 5.12. The molecule has 0 spiro atoms. The van der Waals surface area contributed by atoms with Crippen LogP contribution in [0.5, 0.6) is 11.5 Å². The zero-order chi connectivity index (χ0) is 18.3. The van der Waals surface area contributed by atoms with Crippen LogP contribution in [-0.4, -0.2) is 16.4 Å². The third kappa shape index (κ3) is 3.58. The molecule has 0 heterocycles. The van der Waals surface area contributed by atoms with Gasteiger partial charge in [-0.3, -0.25) is 0 Å². The van der Waals surface area contributed by atoms with E-state index in [9.17, 15) is 36.6 Å². The first-order valence-electron chi connectivity index (χ1n) is 6.67. The Hall–Kier alpha value is -2.38. The first kappa shape index (κ1) is 18.0. The average Bonchev–Trinajstić information content (AvgIpc) is 2.42. The van der Waals surface area contributed by atoms with Crippen LogP contribution in [0.1, 0.15) is 28.2 Å². The fourth-order valence-corrected chi connectivity index (χ4v) is 2.39. The van der Waals surface area contributed by atoms with Gasteiger partial charge >= 0.3 is 12.4 Å². The zero-order valence-corrected chi connectivity index (χ0v) is 12.2. The Kier molecular flexibility index (Phi) is 4.43. The van der Waals surface area contributed by atoms with Crippen LogP contribution < -0.4 is 0 Å². The maximum atomic E-state index is 13.4. The Labute approximate surface area is 133 Å². The Balaban J connectivity index is 2.64. The summed E-state index contributed by atoms with van der Waals surface area (Å²) in [4.78, 5) is 0. The largest absolute Gasteiger partial charge is 0.508 e. The number of rotatable bonds is 2. The smallest absolute Gasteiger partial charge is 0.419 e. The lowest BCUT2D eigenvalue weighted by atomic mass is 9.88. The molecule has 2 N–H and O–H groups in total. The summed E-state index contributed by atoms with van der Waals surface area (Å²) in [7, 11) is 0. The van der Waals surface area contributed by atoms with Crippen molar-refractivity contribution in [3.05, 3.63) is 58.7 Å². The van der Waals surface area contributed by atoms with Crippen molar-refractivity contribution >= 4 is 0 Å². The summed E-state index contributed by atoms with van der Waals surface area (Å²) >= 11 is 0. The maximum absolute atomic E-state index is 13.4. The van der Waals surface area contributed by atoms with Gasteiger partial charge in [-0.05, 0) is 41.8 Å². The molecule has 0 aliphatic rings. The fourth-order valence-electron chi connectivity index (χ4n) is 2.39. The lowest BCUT2D eigenvalue weighted by Gasteiger charge is -2.23. The topological polar surface area (TPSA) is 40.5 Å². The number of phenols is 2. The van der Waals surface area contributed by atoms with Crippen LogP contribution in [-0.2, 0) is 6.18 Å². The van der Waals surface area contributed by atoms with Crippen molar-refractivity contribution in [3.63, 3.8) is 0 Å². The first-order valence-corrected chi connectivity index (χ1v) is 6.67. The predicted molar refractivity (Wildman–Crippen MR) is 73.9 cm³/mol. The number of alkyl halides is 6. The number of hydrogen-bond donors (Lipinski definition) is 2. The van der Waals surface area contributed by atoms with E-state index in [4.69, 9.17) is 0 Å². The monoisotopic (exact) mass is 350 g/mol. The van der Waals surface area contributed by atoms with E-state index in [1.165, 1.54) is 6.92 Å². The standard InChI is InChI=1S/C16H12F6O2/c1-8-6-9(2-4-12(8)23)14(16(20,21)22)10-3-5-13(24)11(7-10)15(17,18)19/h2-7,14,23-24H,1H3. The minimum Gasteiger partial charge on any atom is -0.508 e. The number of aromatic hydroxyl groups is 2. The van der Waals surface area contributed by atoms with E-state index in [0.29, 0.717) is 6.07 Å². The highest BCUT2D eigenvalue weighted by molar-refractivity contribution is 5.45. The molecule has 0 bridgehead atoms. The quantitative estimate of drug-likeness (QED) is 0.738. The molecule has 0 amide bonds. The van der Waals surface area contributed by atoms with Gasteiger partial charge < -0.3 is 10.2 Å². The molecule has 0 fully saturated rings. The van der Waals surface area contributed by atoms with Gasteiger partial charge in [-0.1, -0.05) is 18.2 Å². The van der Waals surface area contributed by atoms with Gasteiger partial charge in [0.25, 0.3) is 0 Å². The SMILES string of the molecule is Cc1cc(C(c2ccc(O)c(C(F)(F)F)c2)C(F)(F)F)ccc1O. The summed E-state index contributed by atoms with van der Waals surface area (Å²) in [6.45, 7) is 1.38. The van der Waals surface area contributed by atoms with Crippen molar-refractivity contribution in [3.8, 4) is 11.5 Å². The molecular formula is C16H12F6O2. The lowest BCUT2D eigenvalue weighted by molar-refractivity contribution is -0.144. The minimum atomic E-state index is -4.99. The summed E-state index contributed by atoms with van der Waals surface area (Å²) in [6.07, 6.45) is -9.84. The molecule has 24 heavy (non-hydrogen) atoms. The molecule has 0 saturated heterocycles. The van der Waals surface area contributed by atoms with Crippen LogP contribution in [0.4, 0.5) is 26.3 Å². The molecule has 0 aliphatic heterocycles. The number of hydrogen-bond acceptors (Lipinski definition) is 2. The normalized spacial score (nSPS) is 13.8. The summed E-state index contributed by atoms with van der Waals surface area (Å²) < 4.78 is 78.8. The average molecular weight is 350 g/mol. The van der Waals surface area contributed by atoms with Crippen molar-refractivity contribution in [1.82, 2.24) is 0 Å². The molecular weight excluding hydrogens is 338 g/mol. The lowest BCUT2D eigenvalue weighted by Crippen LogP contribution is -2.22. The van der Waals surface area contributed by atoms with Gasteiger partial charge in [0.1, 0.15) is 17.4 Å². The van der Waals surface area contributed by atoms with Crippen molar-refractivity contribution in [1.29, 1.82) is 0 Å². The van der Waals surface area contributed by atoms with E-state index in [1.54, 1.807) is 0 Å². The molecule has 2 aromatic carbocycles. The Morgan fingerprint density at radius 3 is 1.75 bits per heavy atom. The van der Waals surface area contributed by atoms with Gasteiger partial charge in [-0.25, -0.2) is 0 Å². The van der Waals surface area contributed by atoms with Gasteiger partial charge in [-0.2, -0.15) is 26.3 Å². The second kappa shape index (κ2) is 5.92. The van der Waals surface area contributed by atoms with E-state index < -0.39 is 35.1 Å². The number of aryl methyl sites for hydroxylation is 1. The Morgan fingerprint density at radius 1 is 0.792 bits per heavy atom. The van der Waals surface area contributed by atoms with E-state index >= 15 is 0 Å². The van der Waals surface area contributed by atoms with Gasteiger partial charge in [0, 0.05) is 0 Å². The van der Waals surface area contributed by atoms with Gasteiger partial charge in [0.2, 0.25) is 0 Å². The number of phenolic OH excluding ortho intramolecular Hbond substituents is 2. The fraction of sp³-hybridized carbons (Fsp3) is 0.250. The van der Waals surface area contributed by atoms with E-state index in [0.717, 1.165) is 24.3 Å². The molecule has 2 aromatic rings. The third-order valence-electron chi connectivity index (χ3n) is 3.54. The minimum absolute atomic E-state index is 0.163. The van der Waals surface area contributed by atoms with Crippen LogP contribution >= 0.6 is 0 Å². The van der Waals surface area contributed by atoms with Gasteiger partial charge in [0.05, 0.1) is 5.56 Å². The Morgan fingerprint density at radius 2 is 1.29 bits per heavy atom. The number of benzene rings is 2. The maximum Gasteiger partial charge on any atom is 0.419 e. The second-order valence-electron chi connectivity index (χ2n) is 5.29. The summed E-state index contributed by atoms with van der Waals surface area (Å²) in [5, 5.41) is 18.7. The van der Waals surface area contributed by atoms with Gasteiger partial charge in [0.15, 0.2) is 0 Å². The van der Waals surface area contributed by atoms with Gasteiger partial charge in [-0.15, -0.1) is 0 Å². The summed E-state index contributed by atoms with van der Waals surface area (Å²) in [6, 6.07) is 4.79. The molecule has 8 heteroatoms. The molecule has 0 aliphatic carbocycles. The van der Waals surface area contributed by atoms with E-state index in [-0.39, 0.29) is 22.9 Å². The van der Waals surface area contributed by atoms with Crippen LogP contribution in [0.25, 0.3) is 0 Å². The molecule has 1 unspecified atom stereocenters. The van der Waals surface area contributed by atoms with E-state index in [2.05, 4.69) is 0 Å². The molecule has 130 valence electrons. The molecule has 0 saturated carbocycles. The summed E-state index contributed by atoms with van der Waals surface area (Å²) in [5.74, 6) is -3.69. The molecule has 2 nitrogen and oxygen atoms in total. The molecule has 2 rings (SSSR count). The number of halogens is 6. The van der Waals surface area contributed by atoms with Crippen molar-refractivity contribution in [2.75, 3.05) is 0 Å². The summed E-state index contributed by atoms with van der Waals surface area (Å²) in [5.41, 5.74) is -2.34. The third-order valence-corrected chi connectivity index (χ3v) is 3.54. The molecule has 0 radical (unpaired) electrons. The second-order valence-corrected chi connectivity index (χ2v) is 5.29.